The van der Waals surface area contributed by atoms with Crippen molar-refractivity contribution in [1.82, 2.24) is 9.88 Å². The Morgan fingerprint density at radius 1 is 1.21 bits per heavy atom. The molecular formula is C28H29ClN4O4S. The van der Waals surface area contributed by atoms with Gasteiger partial charge in [0, 0.05) is 46.4 Å². The summed E-state index contributed by atoms with van der Waals surface area (Å²) in [4.78, 5) is 34.5. The molecule has 4 aromatic rings. The van der Waals surface area contributed by atoms with Crippen molar-refractivity contribution < 1.29 is 14.3 Å². The summed E-state index contributed by atoms with van der Waals surface area (Å²) >= 11 is 7.30. The lowest BCUT2D eigenvalue weighted by Crippen LogP contribution is -2.57. The quantitative estimate of drug-likeness (QED) is 0.277. The van der Waals surface area contributed by atoms with Crippen LogP contribution in [-0.2, 0) is 0 Å². The molecule has 10 heteroatoms. The molecule has 38 heavy (non-hydrogen) atoms. The van der Waals surface area contributed by atoms with Crippen LogP contribution in [0, 0.1) is 13.8 Å². The van der Waals surface area contributed by atoms with Gasteiger partial charge < -0.3 is 24.6 Å². The molecule has 5 rings (SSSR count). The molecule has 198 valence electrons. The van der Waals surface area contributed by atoms with Gasteiger partial charge in [-0.15, -0.1) is 11.3 Å². The normalized spacial score (nSPS) is 14.7. The van der Waals surface area contributed by atoms with Crippen molar-refractivity contribution in [1.29, 1.82) is 0 Å². The third-order valence-electron chi connectivity index (χ3n) is 7.13. The zero-order valence-electron chi connectivity index (χ0n) is 21.8. The number of hydrogen-bond acceptors (Lipinski definition) is 8. The molecule has 8 nitrogen and oxygen atoms in total. The van der Waals surface area contributed by atoms with Crippen LogP contribution >= 0.6 is 22.9 Å². The average molecular weight is 553 g/mol. The first-order chi connectivity index (χ1) is 18.0. The highest BCUT2D eigenvalue weighted by Crippen LogP contribution is 2.38. The summed E-state index contributed by atoms with van der Waals surface area (Å²) in [5.74, 6) is -0.646. The number of fused-ring (bicyclic) bond motifs is 1. The molecule has 0 saturated carbocycles. The third-order valence-corrected chi connectivity index (χ3v) is 8.44. The number of carboxylic acids is 1. The number of nitrogens with one attached hydrogen (secondary N) is 1. The van der Waals surface area contributed by atoms with Gasteiger partial charge in [0.2, 0.25) is 5.43 Å². The second kappa shape index (κ2) is 10.1. The van der Waals surface area contributed by atoms with E-state index in [0.29, 0.717) is 33.3 Å². The first-order valence-electron chi connectivity index (χ1n) is 12.3. The molecule has 3 aromatic heterocycles. The minimum absolute atomic E-state index is 0.0622. The number of carbonyl (C=O) groups is 1. The molecule has 1 aliphatic rings. The molecule has 0 spiro atoms. The minimum atomic E-state index is -1.18. The second-order valence-corrected chi connectivity index (χ2v) is 11.5. The van der Waals surface area contributed by atoms with Gasteiger partial charge in [0.1, 0.15) is 15.6 Å². The number of benzene rings is 1. The van der Waals surface area contributed by atoms with E-state index in [9.17, 15) is 14.7 Å². The first kappa shape index (κ1) is 26.2. The predicted octanol–water partition coefficient (Wildman–Crippen LogP) is 5.81. The molecule has 1 atom stereocenters. The van der Waals surface area contributed by atoms with Crippen molar-refractivity contribution in [2.24, 2.45) is 0 Å². The van der Waals surface area contributed by atoms with Crippen LogP contribution in [-0.4, -0.2) is 54.2 Å². The number of rotatable bonds is 7. The highest BCUT2D eigenvalue weighted by Gasteiger charge is 2.29. The van der Waals surface area contributed by atoms with Crippen molar-refractivity contribution in [3.63, 3.8) is 0 Å². The van der Waals surface area contributed by atoms with E-state index in [2.05, 4.69) is 46.3 Å². The molecule has 2 N–H and O–H groups in total. The number of thiophene rings is 1. The van der Waals surface area contributed by atoms with Crippen LogP contribution in [0.25, 0.3) is 21.6 Å². The Bertz CT molecular complexity index is 1590. The van der Waals surface area contributed by atoms with Crippen LogP contribution in [0.5, 0.6) is 0 Å². The summed E-state index contributed by atoms with van der Waals surface area (Å²) in [6, 6.07) is 11.4. The van der Waals surface area contributed by atoms with Gasteiger partial charge in [0.05, 0.1) is 11.7 Å². The Morgan fingerprint density at radius 3 is 2.53 bits per heavy atom. The number of aryl methyl sites for hydroxylation is 1. The van der Waals surface area contributed by atoms with Crippen LogP contribution in [0.4, 0.5) is 11.4 Å². The Hall–Kier alpha value is -3.40. The number of carboxylic acid groups (broad SMARTS) is 1. The average Bonchev–Trinajstić information content (AvgIpc) is 3.17. The SMILES string of the molecule is Cc1sc2c(=O)c(C)c(-c3ccc(N4CC(N(C)C)C4)cc3)oc2c1C(C)Nc1ccc(Cl)nc1C(=O)O. The number of aromatic nitrogens is 1. The molecule has 1 fully saturated rings. The van der Waals surface area contributed by atoms with Crippen molar-refractivity contribution in [2.75, 3.05) is 37.4 Å². The molecule has 1 aliphatic heterocycles. The van der Waals surface area contributed by atoms with Gasteiger partial charge in [-0.1, -0.05) is 11.6 Å². The summed E-state index contributed by atoms with van der Waals surface area (Å²) in [5, 5.41) is 12.9. The molecule has 0 aliphatic carbocycles. The van der Waals surface area contributed by atoms with Crippen molar-refractivity contribution in [2.45, 2.75) is 32.9 Å². The zero-order valence-corrected chi connectivity index (χ0v) is 23.4. The standard InChI is InChI=1S/C28H29ClN4O4S/c1-14-24(34)27-26(37-25(14)17-6-8-18(9-7-17)33-12-19(13-33)32(4)5)22(16(3)38-27)15(2)30-20-10-11-21(29)31-23(20)28(35)36/h6-11,15,19,30H,12-13H2,1-5H3,(H,35,36). The topological polar surface area (TPSA) is 98.9 Å². The molecule has 4 heterocycles. The minimum Gasteiger partial charge on any atom is -0.476 e. The summed E-state index contributed by atoms with van der Waals surface area (Å²) in [6.07, 6.45) is 0. The predicted molar refractivity (Wildman–Crippen MR) is 153 cm³/mol. The fourth-order valence-corrected chi connectivity index (χ4v) is 6.18. The van der Waals surface area contributed by atoms with Gasteiger partial charge in [-0.2, -0.15) is 0 Å². The second-order valence-electron chi connectivity index (χ2n) is 9.89. The summed E-state index contributed by atoms with van der Waals surface area (Å²) < 4.78 is 7.00. The van der Waals surface area contributed by atoms with E-state index in [4.69, 9.17) is 16.0 Å². The lowest BCUT2D eigenvalue weighted by atomic mass is 10.0. The first-order valence-corrected chi connectivity index (χ1v) is 13.5. The largest absolute Gasteiger partial charge is 0.476 e. The van der Waals surface area contributed by atoms with Crippen LogP contribution in [0.1, 0.15) is 39.5 Å². The number of aromatic carboxylic acids is 1. The van der Waals surface area contributed by atoms with E-state index in [1.807, 2.05) is 26.0 Å². The van der Waals surface area contributed by atoms with Gasteiger partial charge in [-0.25, -0.2) is 9.78 Å². The fourth-order valence-electron chi connectivity index (χ4n) is 4.85. The molecular weight excluding hydrogens is 524 g/mol. The Balaban J connectivity index is 1.50. The van der Waals surface area contributed by atoms with Crippen molar-refractivity contribution in [3.05, 3.63) is 73.5 Å². The maximum atomic E-state index is 13.4. The lowest BCUT2D eigenvalue weighted by Gasteiger charge is -2.44. The zero-order chi connectivity index (χ0) is 27.3. The maximum absolute atomic E-state index is 13.4. The fraction of sp³-hybridized carbons (Fsp3) is 0.321. The summed E-state index contributed by atoms with van der Waals surface area (Å²) in [5.41, 5.74) is 3.96. The van der Waals surface area contributed by atoms with E-state index in [1.54, 1.807) is 13.0 Å². The Kier molecular flexibility index (Phi) is 6.94. The van der Waals surface area contributed by atoms with Crippen molar-refractivity contribution in [3.8, 4) is 11.3 Å². The Morgan fingerprint density at radius 2 is 1.89 bits per heavy atom. The number of hydrogen-bond donors (Lipinski definition) is 2. The summed E-state index contributed by atoms with van der Waals surface area (Å²) in [7, 11) is 4.19. The summed E-state index contributed by atoms with van der Waals surface area (Å²) in [6.45, 7) is 7.60. The van der Waals surface area contributed by atoms with Crippen LogP contribution in [0.2, 0.25) is 5.15 Å². The van der Waals surface area contributed by atoms with E-state index in [-0.39, 0.29) is 22.3 Å². The smallest absolute Gasteiger partial charge is 0.356 e. The van der Waals surface area contributed by atoms with E-state index >= 15 is 0 Å². The highest BCUT2D eigenvalue weighted by atomic mass is 35.5. The van der Waals surface area contributed by atoms with Crippen LogP contribution in [0.15, 0.2) is 45.6 Å². The molecule has 1 aromatic carbocycles. The van der Waals surface area contributed by atoms with Crippen LogP contribution < -0.4 is 15.6 Å². The number of halogens is 1. The van der Waals surface area contributed by atoms with Gasteiger partial charge >= 0.3 is 5.97 Å². The molecule has 0 bridgehead atoms. The molecule has 0 radical (unpaired) electrons. The molecule has 1 saturated heterocycles. The lowest BCUT2D eigenvalue weighted by molar-refractivity contribution is 0.0691. The number of pyridine rings is 1. The van der Waals surface area contributed by atoms with Gasteiger partial charge in [-0.3, -0.25) is 4.79 Å². The van der Waals surface area contributed by atoms with E-state index < -0.39 is 5.97 Å². The molecule has 0 amide bonds. The molecule has 1 unspecified atom stereocenters. The van der Waals surface area contributed by atoms with Gasteiger partial charge in [0.15, 0.2) is 11.3 Å². The monoisotopic (exact) mass is 552 g/mol. The maximum Gasteiger partial charge on any atom is 0.356 e. The number of anilines is 2. The Labute approximate surface area is 229 Å². The van der Waals surface area contributed by atoms with Crippen molar-refractivity contribution >= 4 is 50.6 Å². The number of likely N-dealkylation sites (N-methyl/N-ethyl adjacent to an activating group) is 1. The van der Waals surface area contributed by atoms with E-state index in [0.717, 1.165) is 34.8 Å². The van der Waals surface area contributed by atoms with E-state index in [1.165, 1.54) is 17.4 Å². The highest BCUT2D eigenvalue weighted by molar-refractivity contribution is 7.19. The number of nitrogens with zero attached hydrogens (tertiary/aromatic N) is 3. The van der Waals surface area contributed by atoms with Gasteiger partial charge in [0.25, 0.3) is 0 Å². The van der Waals surface area contributed by atoms with Gasteiger partial charge in [-0.05, 0) is 71.3 Å². The van der Waals surface area contributed by atoms with Crippen LogP contribution in [0.3, 0.4) is 0 Å². The third kappa shape index (κ3) is 4.66.